The number of carbonyl (C=O) groups excluding carboxylic acids is 1. The second-order valence-electron chi connectivity index (χ2n) is 6.24. The van der Waals surface area contributed by atoms with Gasteiger partial charge < -0.3 is 4.57 Å². The van der Waals surface area contributed by atoms with Gasteiger partial charge in [-0.1, -0.05) is 18.2 Å². The Morgan fingerprint density at radius 1 is 1.24 bits per heavy atom. The minimum Gasteiger partial charge on any atom is -0.319 e. The number of Topliss-reactive ketones (excluding diaryl/α,β-unsaturated/α-hetero) is 1. The van der Waals surface area contributed by atoms with Gasteiger partial charge in [0.15, 0.2) is 5.16 Å². The molecule has 8 heteroatoms. The van der Waals surface area contributed by atoms with E-state index in [0.29, 0.717) is 29.3 Å². The largest absolute Gasteiger partial charge is 0.319 e. The highest BCUT2D eigenvalue weighted by molar-refractivity contribution is 7.99. The van der Waals surface area contributed by atoms with Crippen LogP contribution in [0.4, 0.5) is 0 Å². The fourth-order valence-corrected chi connectivity index (χ4v) is 5.50. The quantitative estimate of drug-likeness (QED) is 0.720. The second kappa shape index (κ2) is 7.47. The Bertz CT molecular complexity index is 884. The van der Waals surface area contributed by atoms with Crippen molar-refractivity contribution in [3.05, 3.63) is 18.2 Å². The maximum Gasteiger partial charge on any atom is 0.243 e. The van der Waals surface area contributed by atoms with Gasteiger partial charge in [0.25, 0.3) is 0 Å². The van der Waals surface area contributed by atoms with Gasteiger partial charge in [-0.3, -0.25) is 4.79 Å². The normalized spacial score (nSPS) is 16.4. The maximum absolute atomic E-state index is 12.8. The van der Waals surface area contributed by atoms with E-state index in [0.717, 1.165) is 36.5 Å². The number of ketones is 1. The molecular weight excluding hydrogens is 358 g/mol. The van der Waals surface area contributed by atoms with Gasteiger partial charge in [-0.25, -0.2) is 13.4 Å². The molecule has 1 aromatic carbocycles. The molecule has 0 spiro atoms. The standard InChI is InChI=1S/C17H23N3O3S2/c1-3-20-16-8-7-14(25(22,23)19-9-5-4-6-10-19)11-15(16)18-17(20)24-12-13(2)21/h7-8,11H,3-6,9-10,12H2,1-2H3. The summed E-state index contributed by atoms with van der Waals surface area (Å²) in [6, 6.07) is 5.14. The highest BCUT2D eigenvalue weighted by Gasteiger charge is 2.26. The third-order valence-corrected chi connectivity index (χ3v) is 7.37. The lowest BCUT2D eigenvalue weighted by atomic mass is 10.2. The number of aryl methyl sites for hydroxylation is 1. The minimum atomic E-state index is -3.47. The number of imidazole rings is 1. The molecule has 0 N–H and O–H groups in total. The van der Waals surface area contributed by atoms with E-state index in [2.05, 4.69) is 4.98 Å². The van der Waals surface area contributed by atoms with E-state index in [9.17, 15) is 13.2 Å². The van der Waals surface area contributed by atoms with E-state index < -0.39 is 10.0 Å². The summed E-state index contributed by atoms with van der Waals surface area (Å²) in [4.78, 5) is 16.1. The molecule has 0 radical (unpaired) electrons. The Balaban J connectivity index is 1.98. The predicted octanol–water partition coefficient (Wildman–Crippen LogP) is 2.91. The lowest BCUT2D eigenvalue weighted by molar-refractivity contribution is -0.114. The molecule has 3 rings (SSSR count). The Morgan fingerprint density at radius 2 is 1.96 bits per heavy atom. The van der Waals surface area contributed by atoms with Gasteiger partial charge in [0.1, 0.15) is 5.78 Å². The van der Waals surface area contributed by atoms with E-state index >= 15 is 0 Å². The smallest absolute Gasteiger partial charge is 0.243 e. The van der Waals surface area contributed by atoms with Crippen molar-refractivity contribution in [1.82, 2.24) is 13.9 Å². The van der Waals surface area contributed by atoms with Gasteiger partial charge in [0.05, 0.1) is 21.7 Å². The number of piperidine rings is 1. The monoisotopic (exact) mass is 381 g/mol. The summed E-state index contributed by atoms with van der Waals surface area (Å²) >= 11 is 1.39. The van der Waals surface area contributed by atoms with Crippen LogP contribution in [0.25, 0.3) is 11.0 Å². The van der Waals surface area contributed by atoms with E-state index in [-0.39, 0.29) is 5.78 Å². The van der Waals surface area contributed by atoms with Gasteiger partial charge in [-0.2, -0.15) is 4.31 Å². The summed E-state index contributed by atoms with van der Waals surface area (Å²) in [6.45, 7) is 5.45. The zero-order valence-corrected chi connectivity index (χ0v) is 16.2. The summed E-state index contributed by atoms with van der Waals surface area (Å²) in [6.07, 6.45) is 2.91. The zero-order chi connectivity index (χ0) is 18.0. The van der Waals surface area contributed by atoms with Crippen molar-refractivity contribution in [3.63, 3.8) is 0 Å². The van der Waals surface area contributed by atoms with Gasteiger partial charge >= 0.3 is 0 Å². The van der Waals surface area contributed by atoms with E-state index in [1.807, 2.05) is 17.6 Å². The molecule has 6 nitrogen and oxygen atoms in total. The van der Waals surface area contributed by atoms with Gasteiger partial charge in [0, 0.05) is 19.6 Å². The van der Waals surface area contributed by atoms with Crippen molar-refractivity contribution in [2.75, 3.05) is 18.8 Å². The van der Waals surface area contributed by atoms with Crippen LogP contribution in [-0.4, -0.2) is 46.9 Å². The van der Waals surface area contributed by atoms with Crippen LogP contribution in [0.2, 0.25) is 0 Å². The molecule has 0 bridgehead atoms. The number of thioether (sulfide) groups is 1. The lowest BCUT2D eigenvalue weighted by Crippen LogP contribution is -2.35. The van der Waals surface area contributed by atoms with Crippen LogP contribution in [0.5, 0.6) is 0 Å². The maximum atomic E-state index is 12.8. The summed E-state index contributed by atoms with van der Waals surface area (Å²) in [5.74, 6) is 0.454. The fraction of sp³-hybridized carbons (Fsp3) is 0.529. The summed E-state index contributed by atoms with van der Waals surface area (Å²) in [5.41, 5.74) is 1.55. The van der Waals surface area contributed by atoms with Gasteiger partial charge in [0.2, 0.25) is 10.0 Å². The Labute approximate surface area is 152 Å². The first-order valence-electron chi connectivity index (χ1n) is 8.56. The molecule has 0 saturated carbocycles. The number of fused-ring (bicyclic) bond motifs is 1. The van der Waals surface area contributed by atoms with Gasteiger partial charge in [-0.05, 0) is 44.9 Å². The highest BCUT2D eigenvalue weighted by Crippen LogP contribution is 2.28. The van der Waals surface area contributed by atoms with E-state index in [1.165, 1.54) is 11.8 Å². The molecule has 25 heavy (non-hydrogen) atoms. The van der Waals surface area contributed by atoms with Crippen LogP contribution in [0.3, 0.4) is 0 Å². The molecule has 1 aliphatic rings. The van der Waals surface area contributed by atoms with Crippen LogP contribution >= 0.6 is 11.8 Å². The number of benzene rings is 1. The molecular formula is C17H23N3O3S2. The van der Waals surface area contributed by atoms with Crippen LogP contribution in [0.1, 0.15) is 33.1 Å². The minimum absolute atomic E-state index is 0.0908. The summed E-state index contributed by atoms with van der Waals surface area (Å²) < 4.78 is 29.3. The average Bonchev–Trinajstić information content (AvgIpc) is 2.97. The fourth-order valence-electron chi connectivity index (χ4n) is 3.08. The second-order valence-corrected chi connectivity index (χ2v) is 9.13. The molecule has 0 unspecified atom stereocenters. The number of aromatic nitrogens is 2. The molecule has 0 amide bonds. The number of nitrogens with zero attached hydrogens (tertiary/aromatic N) is 3. The Hall–Kier alpha value is -1.38. The SMILES string of the molecule is CCn1c(SCC(C)=O)nc2cc(S(=O)(=O)N3CCCCC3)ccc21. The number of sulfonamides is 1. The molecule has 2 aromatic rings. The molecule has 136 valence electrons. The van der Waals surface area contributed by atoms with Crippen molar-refractivity contribution >= 4 is 38.6 Å². The number of rotatable bonds is 6. The van der Waals surface area contributed by atoms with Crippen LogP contribution in [0, 0.1) is 0 Å². The van der Waals surface area contributed by atoms with Crippen molar-refractivity contribution in [2.45, 2.75) is 49.7 Å². The van der Waals surface area contributed by atoms with Crippen molar-refractivity contribution in [1.29, 1.82) is 0 Å². The Morgan fingerprint density at radius 3 is 2.60 bits per heavy atom. The molecule has 0 aliphatic carbocycles. The first-order valence-corrected chi connectivity index (χ1v) is 11.0. The molecule has 0 atom stereocenters. The molecule has 1 saturated heterocycles. The summed E-state index contributed by atoms with van der Waals surface area (Å²) in [5, 5.41) is 0.750. The van der Waals surface area contributed by atoms with E-state index in [1.54, 1.807) is 23.4 Å². The van der Waals surface area contributed by atoms with Crippen LogP contribution in [0.15, 0.2) is 28.3 Å². The number of hydrogen-bond donors (Lipinski definition) is 0. The zero-order valence-electron chi connectivity index (χ0n) is 14.6. The van der Waals surface area contributed by atoms with Crippen LogP contribution < -0.4 is 0 Å². The van der Waals surface area contributed by atoms with Crippen LogP contribution in [-0.2, 0) is 21.4 Å². The first-order chi connectivity index (χ1) is 11.9. The van der Waals surface area contributed by atoms with Crippen molar-refractivity contribution in [2.24, 2.45) is 0 Å². The summed E-state index contributed by atoms with van der Waals surface area (Å²) in [7, 11) is -3.47. The topological polar surface area (TPSA) is 72.3 Å². The number of hydrogen-bond acceptors (Lipinski definition) is 5. The molecule has 1 aromatic heterocycles. The lowest BCUT2D eigenvalue weighted by Gasteiger charge is -2.25. The average molecular weight is 382 g/mol. The highest BCUT2D eigenvalue weighted by atomic mass is 32.2. The van der Waals surface area contributed by atoms with Gasteiger partial charge in [-0.15, -0.1) is 0 Å². The van der Waals surface area contributed by atoms with Crippen molar-refractivity contribution < 1.29 is 13.2 Å². The Kier molecular flexibility index (Phi) is 5.50. The van der Waals surface area contributed by atoms with Crippen molar-refractivity contribution in [3.8, 4) is 0 Å². The predicted molar refractivity (Wildman–Crippen MR) is 99.4 cm³/mol. The third kappa shape index (κ3) is 3.75. The number of carbonyl (C=O) groups is 1. The third-order valence-electron chi connectivity index (χ3n) is 4.36. The molecule has 2 heterocycles. The van der Waals surface area contributed by atoms with E-state index in [4.69, 9.17) is 0 Å². The first kappa shape index (κ1) is 18.4. The molecule has 1 aliphatic heterocycles. The molecule has 1 fully saturated rings.